The third kappa shape index (κ3) is 3.35. The van der Waals surface area contributed by atoms with Crippen molar-refractivity contribution in [2.24, 2.45) is 5.10 Å². The van der Waals surface area contributed by atoms with Gasteiger partial charge in [0.15, 0.2) is 0 Å². The van der Waals surface area contributed by atoms with Crippen LogP contribution in [0.4, 0.5) is 0 Å². The molecule has 22 heavy (non-hydrogen) atoms. The second-order valence-electron chi connectivity index (χ2n) is 5.77. The van der Waals surface area contributed by atoms with Gasteiger partial charge >= 0.3 is 0 Å². The van der Waals surface area contributed by atoms with Crippen LogP contribution in [0.1, 0.15) is 37.7 Å². The molecule has 5 nitrogen and oxygen atoms in total. The fourth-order valence-corrected chi connectivity index (χ4v) is 2.94. The van der Waals surface area contributed by atoms with Crippen LogP contribution in [0.5, 0.6) is 0 Å². The summed E-state index contributed by atoms with van der Waals surface area (Å²) in [7, 11) is 0. The van der Waals surface area contributed by atoms with Gasteiger partial charge in [0.05, 0.1) is 12.3 Å². The molecule has 5 heteroatoms. The van der Waals surface area contributed by atoms with Crippen molar-refractivity contribution < 1.29 is 9.59 Å². The Morgan fingerprint density at radius 1 is 1.09 bits per heavy atom. The zero-order chi connectivity index (χ0) is 15.4. The maximum Gasteiger partial charge on any atom is 0.243 e. The maximum absolute atomic E-state index is 12.1. The van der Waals surface area contributed by atoms with Crippen LogP contribution >= 0.6 is 0 Å². The van der Waals surface area contributed by atoms with Crippen LogP contribution in [-0.4, -0.2) is 47.1 Å². The predicted molar refractivity (Wildman–Crippen MR) is 84.4 cm³/mol. The number of carbonyl (C=O) groups excluding carboxylic acids is 2. The highest BCUT2D eigenvalue weighted by molar-refractivity contribution is 6.04. The fourth-order valence-electron chi connectivity index (χ4n) is 2.94. The van der Waals surface area contributed by atoms with Gasteiger partial charge in [0, 0.05) is 32.4 Å². The lowest BCUT2D eigenvalue weighted by Gasteiger charge is -2.24. The van der Waals surface area contributed by atoms with E-state index in [2.05, 4.69) is 5.10 Å². The maximum atomic E-state index is 12.1. The standard InChI is InChI=1S/C17H21N3O2/c21-16(19-11-4-5-12-19)10-13-20-17(22)9-8-15(18-20)14-6-2-1-3-7-14/h1-3,6-7H,4-5,8-13H2. The number of hydrogen-bond donors (Lipinski definition) is 0. The van der Waals surface area contributed by atoms with Gasteiger partial charge in [0.25, 0.3) is 0 Å². The first-order chi connectivity index (χ1) is 10.7. The smallest absolute Gasteiger partial charge is 0.243 e. The van der Waals surface area contributed by atoms with E-state index in [-0.39, 0.29) is 11.8 Å². The minimum atomic E-state index is 0.00824. The Morgan fingerprint density at radius 2 is 1.82 bits per heavy atom. The van der Waals surface area contributed by atoms with E-state index in [4.69, 9.17) is 0 Å². The zero-order valence-corrected chi connectivity index (χ0v) is 12.7. The zero-order valence-electron chi connectivity index (χ0n) is 12.7. The Bertz CT molecular complexity index is 577. The van der Waals surface area contributed by atoms with Crippen molar-refractivity contribution in [3.63, 3.8) is 0 Å². The normalized spacial score (nSPS) is 18.5. The first-order valence-corrected chi connectivity index (χ1v) is 7.95. The molecule has 0 spiro atoms. The van der Waals surface area contributed by atoms with E-state index in [1.165, 1.54) is 5.01 Å². The minimum Gasteiger partial charge on any atom is -0.343 e. The number of likely N-dealkylation sites (tertiary alicyclic amines) is 1. The lowest BCUT2D eigenvalue weighted by molar-refractivity contribution is -0.134. The van der Waals surface area contributed by atoms with Gasteiger partial charge in [0.2, 0.25) is 11.8 Å². The summed E-state index contributed by atoms with van der Waals surface area (Å²) in [5.74, 6) is 0.140. The van der Waals surface area contributed by atoms with Crippen molar-refractivity contribution in [3.05, 3.63) is 35.9 Å². The second-order valence-corrected chi connectivity index (χ2v) is 5.77. The molecule has 0 atom stereocenters. The van der Waals surface area contributed by atoms with Crippen molar-refractivity contribution in [3.8, 4) is 0 Å². The third-order valence-electron chi connectivity index (χ3n) is 4.21. The monoisotopic (exact) mass is 299 g/mol. The molecule has 0 aromatic heterocycles. The second kappa shape index (κ2) is 6.73. The molecular formula is C17H21N3O2. The van der Waals surface area contributed by atoms with Crippen molar-refractivity contribution in [1.82, 2.24) is 9.91 Å². The first kappa shape index (κ1) is 14.8. The molecule has 2 aliphatic rings. The Labute approximate surface area is 130 Å². The van der Waals surface area contributed by atoms with Crippen LogP contribution in [0.15, 0.2) is 35.4 Å². The predicted octanol–water partition coefficient (Wildman–Crippen LogP) is 2.03. The third-order valence-corrected chi connectivity index (χ3v) is 4.21. The molecule has 1 aromatic rings. The Balaban J connectivity index is 1.63. The highest BCUT2D eigenvalue weighted by Gasteiger charge is 2.23. The Kier molecular flexibility index (Phi) is 4.51. The van der Waals surface area contributed by atoms with Gasteiger partial charge in [-0.1, -0.05) is 30.3 Å². The van der Waals surface area contributed by atoms with Gasteiger partial charge < -0.3 is 4.90 Å². The SMILES string of the molecule is O=C(CCN1N=C(c2ccccc2)CCC1=O)N1CCCC1. The summed E-state index contributed by atoms with van der Waals surface area (Å²) in [5, 5.41) is 5.93. The number of carbonyl (C=O) groups is 2. The van der Waals surface area contributed by atoms with Crippen molar-refractivity contribution in [2.75, 3.05) is 19.6 Å². The van der Waals surface area contributed by atoms with Gasteiger partial charge in [-0.2, -0.15) is 5.10 Å². The van der Waals surface area contributed by atoms with Crippen molar-refractivity contribution in [2.45, 2.75) is 32.1 Å². The van der Waals surface area contributed by atoms with Gasteiger partial charge in [-0.25, -0.2) is 5.01 Å². The number of hydrogen-bond acceptors (Lipinski definition) is 3. The van der Waals surface area contributed by atoms with E-state index >= 15 is 0 Å². The molecule has 2 amide bonds. The van der Waals surface area contributed by atoms with Crippen LogP contribution in [0.3, 0.4) is 0 Å². The highest BCUT2D eigenvalue weighted by atomic mass is 16.2. The molecule has 1 aromatic carbocycles. The van der Waals surface area contributed by atoms with E-state index in [0.29, 0.717) is 25.8 Å². The van der Waals surface area contributed by atoms with Gasteiger partial charge in [-0.15, -0.1) is 0 Å². The Hall–Kier alpha value is -2.17. The van der Waals surface area contributed by atoms with Gasteiger partial charge in [-0.05, 0) is 18.4 Å². The quantitative estimate of drug-likeness (QED) is 0.854. The molecule has 0 aliphatic carbocycles. The molecule has 0 unspecified atom stereocenters. The molecule has 0 bridgehead atoms. The van der Waals surface area contributed by atoms with E-state index < -0.39 is 0 Å². The van der Waals surface area contributed by atoms with E-state index in [1.54, 1.807) is 0 Å². The molecule has 2 aliphatic heterocycles. The lowest BCUT2D eigenvalue weighted by Crippen LogP contribution is -2.36. The van der Waals surface area contributed by atoms with Crippen LogP contribution in [0.25, 0.3) is 0 Å². The highest BCUT2D eigenvalue weighted by Crippen LogP contribution is 2.16. The molecule has 0 saturated carbocycles. The molecule has 1 saturated heterocycles. The number of hydrazone groups is 1. The molecule has 2 heterocycles. The summed E-state index contributed by atoms with van der Waals surface area (Å²) in [5.41, 5.74) is 1.97. The van der Waals surface area contributed by atoms with Crippen LogP contribution < -0.4 is 0 Å². The van der Waals surface area contributed by atoms with E-state index in [0.717, 1.165) is 37.2 Å². The molecule has 0 N–H and O–H groups in total. The summed E-state index contributed by atoms with van der Waals surface area (Å²) in [6.45, 7) is 2.08. The number of benzene rings is 1. The summed E-state index contributed by atoms with van der Waals surface area (Å²) in [4.78, 5) is 26.0. The topological polar surface area (TPSA) is 53.0 Å². The summed E-state index contributed by atoms with van der Waals surface area (Å²) < 4.78 is 0. The average Bonchev–Trinajstić information content (AvgIpc) is 3.09. The van der Waals surface area contributed by atoms with Crippen molar-refractivity contribution in [1.29, 1.82) is 0 Å². The summed E-state index contributed by atoms with van der Waals surface area (Å²) >= 11 is 0. The van der Waals surface area contributed by atoms with Gasteiger partial charge in [0.1, 0.15) is 0 Å². The number of nitrogens with zero attached hydrogens (tertiary/aromatic N) is 3. The molecule has 3 rings (SSSR count). The van der Waals surface area contributed by atoms with E-state index in [9.17, 15) is 9.59 Å². The fraction of sp³-hybridized carbons (Fsp3) is 0.471. The van der Waals surface area contributed by atoms with Crippen LogP contribution in [0.2, 0.25) is 0 Å². The Morgan fingerprint density at radius 3 is 2.55 bits per heavy atom. The minimum absolute atomic E-state index is 0.00824. The van der Waals surface area contributed by atoms with Gasteiger partial charge in [-0.3, -0.25) is 9.59 Å². The number of amides is 2. The summed E-state index contributed by atoms with van der Waals surface area (Å²) in [6, 6.07) is 9.90. The average molecular weight is 299 g/mol. The number of rotatable bonds is 4. The van der Waals surface area contributed by atoms with Crippen LogP contribution in [0, 0.1) is 0 Å². The first-order valence-electron chi connectivity index (χ1n) is 7.95. The summed E-state index contributed by atoms with van der Waals surface area (Å²) in [6.07, 6.45) is 3.66. The van der Waals surface area contributed by atoms with Crippen molar-refractivity contribution >= 4 is 17.5 Å². The molecular weight excluding hydrogens is 278 g/mol. The van der Waals surface area contributed by atoms with Crippen LogP contribution in [-0.2, 0) is 9.59 Å². The van der Waals surface area contributed by atoms with E-state index in [1.807, 2.05) is 35.2 Å². The molecule has 1 fully saturated rings. The molecule has 0 radical (unpaired) electrons. The largest absolute Gasteiger partial charge is 0.343 e. The lowest BCUT2D eigenvalue weighted by atomic mass is 10.0. The molecule has 116 valence electrons.